The molecule has 1 aromatic carbocycles. The maximum atomic E-state index is 12.1. The number of carbonyl (C=O) groups is 1. The predicted molar refractivity (Wildman–Crippen MR) is 95.3 cm³/mol. The molecule has 0 spiro atoms. The number of nitrogens with zero attached hydrogens (tertiary/aromatic N) is 2. The van der Waals surface area contributed by atoms with E-state index in [4.69, 9.17) is 4.74 Å². The van der Waals surface area contributed by atoms with E-state index in [2.05, 4.69) is 10.4 Å². The van der Waals surface area contributed by atoms with E-state index in [1.54, 1.807) is 4.68 Å². The highest BCUT2D eigenvalue weighted by atomic mass is 16.5. The number of nitrogens with one attached hydrogen (secondary N) is 1. The molecule has 1 N–H and O–H groups in total. The van der Waals surface area contributed by atoms with E-state index < -0.39 is 0 Å². The lowest BCUT2D eigenvalue weighted by molar-refractivity contribution is -0.121. The number of aryl methyl sites for hydroxylation is 5. The third-order valence-corrected chi connectivity index (χ3v) is 4.03. The largest absolute Gasteiger partial charge is 0.491 e. The maximum Gasteiger partial charge on any atom is 0.220 e. The molecule has 2 aromatic rings. The Bertz CT molecular complexity index is 686. The van der Waals surface area contributed by atoms with Crippen LogP contribution in [0.25, 0.3) is 0 Å². The first-order valence-electron chi connectivity index (χ1n) is 8.34. The summed E-state index contributed by atoms with van der Waals surface area (Å²) in [4.78, 5) is 12.1. The molecule has 0 aliphatic heterocycles. The van der Waals surface area contributed by atoms with E-state index >= 15 is 0 Å². The van der Waals surface area contributed by atoms with Crippen LogP contribution in [0.1, 0.15) is 35.7 Å². The molecule has 0 aliphatic rings. The van der Waals surface area contributed by atoms with Crippen LogP contribution in [0.4, 0.5) is 0 Å². The molecule has 0 fully saturated rings. The van der Waals surface area contributed by atoms with Gasteiger partial charge in [0, 0.05) is 19.7 Å². The van der Waals surface area contributed by atoms with Gasteiger partial charge >= 0.3 is 0 Å². The van der Waals surface area contributed by atoms with Crippen molar-refractivity contribution in [2.45, 2.75) is 46.6 Å². The molecule has 24 heavy (non-hydrogen) atoms. The first kappa shape index (κ1) is 18.0. The van der Waals surface area contributed by atoms with Gasteiger partial charge in [0.2, 0.25) is 5.91 Å². The van der Waals surface area contributed by atoms with Gasteiger partial charge in [-0.25, -0.2) is 0 Å². The highest BCUT2D eigenvalue weighted by Gasteiger charge is 2.11. The molecule has 1 atom stereocenters. The average molecular weight is 329 g/mol. The lowest BCUT2D eigenvalue weighted by Gasteiger charge is -2.17. The van der Waals surface area contributed by atoms with Crippen molar-refractivity contribution in [3.05, 3.63) is 46.8 Å². The van der Waals surface area contributed by atoms with Crippen LogP contribution in [-0.2, 0) is 18.3 Å². The summed E-state index contributed by atoms with van der Waals surface area (Å²) in [6.45, 7) is 8.45. The van der Waals surface area contributed by atoms with Crippen molar-refractivity contribution in [3.8, 4) is 5.75 Å². The van der Waals surface area contributed by atoms with Crippen LogP contribution < -0.4 is 10.1 Å². The molecule has 2 rings (SSSR count). The van der Waals surface area contributed by atoms with Crippen molar-refractivity contribution >= 4 is 5.91 Å². The molecule has 5 nitrogen and oxygen atoms in total. The SMILES string of the molecule is Cc1cccc(C)c1OC[C@H](C)NC(=O)CCc1cn(C)nc1C. The van der Waals surface area contributed by atoms with Gasteiger partial charge in [-0.2, -0.15) is 5.10 Å². The Labute approximate surface area is 144 Å². The van der Waals surface area contributed by atoms with E-state index in [9.17, 15) is 4.79 Å². The van der Waals surface area contributed by atoms with Gasteiger partial charge < -0.3 is 10.1 Å². The molecular weight excluding hydrogens is 302 g/mol. The number of rotatable bonds is 7. The first-order valence-corrected chi connectivity index (χ1v) is 8.34. The second-order valence-corrected chi connectivity index (χ2v) is 6.41. The number of hydrogen-bond acceptors (Lipinski definition) is 3. The Hall–Kier alpha value is -2.30. The van der Waals surface area contributed by atoms with Crippen LogP contribution in [0, 0.1) is 20.8 Å². The lowest BCUT2D eigenvalue weighted by atomic mass is 10.1. The zero-order valence-corrected chi connectivity index (χ0v) is 15.2. The molecule has 0 unspecified atom stereocenters. The van der Waals surface area contributed by atoms with Crippen LogP contribution in [0.2, 0.25) is 0 Å². The second-order valence-electron chi connectivity index (χ2n) is 6.41. The number of para-hydroxylation sites is 1. The van der Waals surface area contributed by atoms with E-state index in [0.29, 0.717) is 19.4 Å². The summed E-state index contributed by atoms with van der Waals surface area (Å²) >= 11 is 0. The smallest absolute Gasteiger partial charge is 0.220 e. The van der Waals surface area contributed by atoms with Crippen molar-refractivity contribution in [1.82, 2.24) is 15.1 Å². The highest BCUT2D eigenvalue weighted by Crippen LogP contribution is 2.22. The predicted octanol–water partition coefficient (Wildman–Crippen LogP) is 2.86. The van der Waals surface area contributed by atoms with E-state index in [1.165, 1.54) is 0 Å². The molecule has 0 saturated heterocycles. The normalized spacial score (nSPS) is 12.0. The lowest BCUT2D eigenvalue weighted by Crippen LogP contribution is -2.37. The van der Waals surface area contributed by atoms with Crippen LogP contribution in [0.3, 0.4) is 0 Å². The van der Waals surface area contributed by atoms with Crippen molar-refractivity contribution in [3.63, 3.8) is 0 Å². The number of benzene rings is 1. The van der Waals surface area contributed by atoms with Gasteiger partial charge in [0.25, 0.3) is 0 Å². The van der Waals surface area contributed by atoms with E-state index in [0.717, 1.165) is 28.1 Å². The summed E-state index contributed by atoms with van der Waals surface area (Å²) in [5.74, 6) is 0.945. The second kappa shape index (κ2) is 7.99. The summed E-state index contributed by atoms with van der Waals surface area (Å²) in [5, 5.41) is 7.29. The molecule has 1 aromatic heterocycles. The van der Waals surface area contributed by atoms with Crippen LogP contribution in [-0.4, -0.2) is 28.3 Å². The summed E-state index contributed by atoms with van der Waals surface area (Å²) < 4.78 is 7.67. The zero-order chi connectivity index (χ0) is 17.7. The van der Waals surface area contributed by atoms with Gasteiger partial charge in [0.05, 0.1) is 11.7 Å². The minimum absolute atomic E-state index is 0.0356. The third-order valence-electron chi connectivity index (χ3n) is 4.03. The fraction of sp³-hybridized carbons (Fsp3) is 0.474. The summed E-state index contributed by atoms with van der Waals surface area (Å²) in [5.41, 5.74) is 4.32. The van der Waals surface area contributed by atoms with Crippen molar-refractivity contribution in [1.29, 1.82) is 0 Å². The molecule has 5 heteroatoms. The molecule has 0 aliphatic carbocycles. The van der Waals surface area contributed by atoms with Crippen molar-refractivity contribution in [2.75, 3.05) is 6.61 Å². The number of ether oxygens (including phenoxy) is 1. The summed E-state index contributed by atoms with van der Waals surface area (Å²) in [7, 11) is 1.89. The van der Waals surface area contributed by atoms with Crippen LogP contribution in [0.5, 0.6) is 5.75 Å². The minimum atomic E-state index is -0.0356. The van der Waals surface area contributed by atoms with Gasteiger partial charge in [0.1, 0.15) is 12.4 Å². The summed E-state index contributed by atoms with van der Waals surface area (Å²) in [6, 6.07) is 6.04. The standard InChI is InChI=1S/C19H27N3O2/c1-13-7-6-8-14(2)19(13)24-12-15(3)20-18(23)10-9-17-11-22(5)21-16(17)4/h6-8,11,15H,9-10,12H2,1-5H3,(H,20,23)/t15-/m0/s1. The topological polar surface area (TPSA) is 56.1 Å². The summed E-state index contributed by atoms with van der Waals surface area (Å²) in [6.07, 6.45) is 3.13. The molecule has 0 radical (unpaired) electrons. The van der Waals surface area contributed by atoms with Gasteiger partial charge in [-0.15, -0.1) is 0 Å². The third kappa shape index (κ3) is 4.85. The monoisotopic (exact) mass is 329 g/mol. The van der Waals surface area contributed by atoms with Gasteiger partial charge in [-0.3, -0.25) is 9.48 Å². The minimum Gasteiger partial charge on any atom is -0.491 e. The Kier molecular flexibility index (Phi) is 6.01. The highest BCUT2D eigenvalue weighted by molar-refractivity contribution is 5.76. The molecular formula is C19H27N3O2. The Morgan fingerprint density at radius 2 is 1.96 bits per heavy atom. The van der Waals surface area contributed by atoms with Crippen LogP contribution >= 0.6 is 0 Å². The number of aromatic nitrogens is 2. The number of carbonyl (C=O) groups excluding carboxylic acids is 1. The van der Waals surface area contributed by atoms with E-state index in [-0.39, 0.29) is 11.9 Å². The number of amides is 1. The molecule has 0 saturated carbocycles. The van der Waals surface area contributed by atoms with Gasteiger partial charge in [0.15, 0.2) is 0 Å². The fourth-order valence-electron chi connectivity index (χ4n) is 2.77. The van der Waals surface area contributed by atoms with E-state index in [1.807, 2.05) is 59.1 Å². The molecule has 0 bridgehead atoms. The molecule has 130 valence electrons. The van der Waals surface area contributed by atoms with Crippen molar-refractivity contribution < 1.29 is 9.53 Å². The fourth-order valence-corrected chi connectivity index (χ4v) is 2.77. The first-order chi connectivity index (χ1) is 11.4. The molecule has 1 amide bonds. The van der Waals surface area contributed by atoms with Crippen LogP contribution in [0.15, 0.2) is 24.4 Å². The maximum absolute atomic E-state index is 12.1. The van der Waals surface area contributed by atoms with Gasteiger partial charge in [-0.05, 0) is 50.8 Å². The molecule has 1 heterocycles. The Morgan fingerprint density at radius 3 is 2.54 bits per heavy atom. The van der Waals surface area contributed by atoms with Crippen molar-refractivity contribution in [2.24, 2.45) is 7.05 Å². The van der Waals surface area contributed by atoms with Gasteiger partial charge in [-0.1, -0.05) is 18.2 Å². The quantitative estimate of drug-likeness (QED) is 0.850. The zero-order valence-electron chi connectivity index (χ0n) is 15.2. The Balaban J connectivity index is 1.78. The number of hydrogen-bond donors (Lipinski definition) is 1. The average Bonchev–Trinajstić information content (AvgIpc) is 2.82. The Morgan fingerprint density at radius 1 is 1.29 bits per heavy atom.